The lowest BCUT2D eigenvalue weighted by atomic mass is 9.96. The molecule has 4 heteroatoms. The second-order valence-electron chi connectivity index (χ2n) is 4.69. The van der Waals surface area contributed by atoms with Crippen molar-refractivity contribution in [3.05, 3.63) is 17.8 Å². The van der Waals surface area contributed by atoms with Gasteiger partial charge in [0.25, 0.3) is 0 Å². The SMILES string of the molecule is c1cc(OC2CCC2)nnc1CNC1CC1. The molecule has 4 nitrogen and oxygen atoms in total. The molecule has 0 radical (unpaired) electrons. The summed E-state index contributed by atoms with van der Waals surface area (Å²) < 4.78 is 5.65. The third kappa shape index (κ3) is 2.50. The van der Waals surface area contributed by atoms with E-state index in [4.69, 9.17) is 4.74 Å². The summed E-state index contributed by atoms with van der Waals surface area (Å²) in [5.74, 6) is 0.667. The molecule has 1 heterocycles. The molecule has 2 aliphatic rings. The van der Waals surface area contributed by atoms with Crippen LogP contribution in [0.25, 0.3) is 0 Å². The van der Waals surface area contributed by atoms with Crippen LogP contribution in [0.5, 0.6) is 5.88 Å². The minimum Gasteiger partial charge on any atom is -0.473 e. The van der Waals surface area contributed by atoms with Gasteiger partial charge in [-0.25, -0.2) is 0 Å². The highest BCUT2D eigenvalue weighted by Gasteiger charge is 2.21. The van der Waals surface area contributed by atoms with E-state index in [0.717, 1.165) is 25.1 Å². The van der Waals surface area contributed by atoms with Gasteiger partial charge in [0.05, 0.1) is 5.69 Å². The largest absolute Gasteiger partial charge is 0.473 e. The van der Waals surface area contributed by atoms with Crippen LogP contribution in [0.4, 0.5) is 0 Å². The number of ether oxygens (including phenoxy) is 1. The maximum atomic E-state index is 5.65. The molecule has 0 atom stereocenters. The zero-order valence-electron chi connectivity index (χ0n) is 9.35. The van der Waals surface area contributed by atoms with Crippen molar-refractivity contribution >= 4 is 0 Å². The summed E-state index contributed by atoms with van der Waals surface area (Å²) in [6.45, 7) is 0.821. The second kappa shape index (κ2) is 4.37. The molecule has 86 valence electrons. The molecular formula is C12H17N3O. The molecule has 0 amide bonds. The average Bonchev–Trinajstić information content (AvgIpc) is 3.06. The van der Waals surface area contributed by atoms with Crippen LogP contribution >= 0.6 is 0 Å². The van der Waals surface area contributed by atoms with E-state index in [9.17, 15) is 0 Å². The van der Waals surface area contributed by atoms with Crippen LogP contribution in [0, 0.1) is 0 Å². The van der Waals surface area contributed by atoms with Gasteiger partial charge in [-0.1, -0.05) is 0 Å². The number of nitrogens with one attached hydrogen (secondary N) is 1. The molecule has 3 rings (SSSR count). The molecule has 0 unspecified atom stereocenters. The van der Waals surface area contributed by atoms with Gasteiger partial charge in [-0.15, -0.1) is 5.10 Å². The van der Waals surface area contributed by atoms with Gasteiger partial charge >= 0.3 is 0 Å². The molecule has 2 saturated carbocycles. The van der Waals surface area contributed by atoms with Crippen molar-refractivity contribution in [3.8, 4) is 5.88 Å². The Morgan fingerprint density at radius 3 is 2.62 bits per heavy atom. The topological polar surface area (TPSA) is 47.0 Å². The van der Waals surface area contributed by atoms with Crippen molar-refractivity contribution in [1.82, 2.24) is 15.5 Å². The van der Waals surface area contributed by atoms with E-state index < -0.39 is 0 Å². The Bertz CT molecular complexity index is 344. The number of aromatic nitrogens is 2. The fourth-order valence-electron chi connectivity index (χ4n) is 1.70. The third-order valence-corrected chi connectivity index (χ3v) is 3.18. The standard InChI is InChI=1S/C12H17N3O/c1-2-11(3-1)16-12-7-6-10(14-15-12)8-13-9-4-5-9/h6-7,9,11,13H,1-5,8H2. The van der Waals surface area contributed by atoms with Crippen LogP contribution in [-0.2, 0) is 6.54 Å². The van der Waals surface area contributed by atoms with Crippen LogP contribution in [0.2, 0.25) is 0 Å². The lowest BCUT2D eigenvalue weighted by Crippen LogP contribution is -2.25. The Balaban J connectivity index is 1.51. The molecule has 1 aromatic heterocycles. The van der Waals surface area contributed by atoms with Crippen molar-refractivity contribution in [2.45, 2.75) is 50.8 Å². The normalized spacial score (nSPS) is 20.5. The summed E-state index contributed by atoms with van der Waals surface area (Å²) >= 11 is 0. The first-order valence-electron chi connectivity index (χ1n) is 6.13. The molecule has 2 aliphatic carbocycles. The molecule has 1 aromatic rings. The minimum absolute atomic E-state index is 0.379. The Morgan fingerprint density at radius 2 is 2.06 bits per heavy atom. The summed E-state index contributed by atoms with van der Waals surface area (Å²) in [4.78, 5) is 0. The molecule has 0 bridgehead atoms. The van der Waals surface area contributed by atoms with Crippen molar-refractivity contribution in [2.75, 3.05) is 0 Å². The summed E-state index contributed by atoms with van der Waals surface area (Å²) in [5.41, 5.74) is 0.993. The van der Waals surface area contributed by atoms with Gasteiger partial charge in [0.15, 0.2) is 0 Å². The van der Waals surface area contributed by atoms with Gasteiger partial charge in [0, 0.05) is 18.7 Å². The van der Waals surface area contributed by atoms with E-state index in [1.54, 1.807) is 0 Å². The summed E-state index contributed by atoms with van der Waals surface area (Å²) in [7, 11) is 0. The van der Waals surface area contributed by atoms with Crippen LogP contribution in [0.15, 0.2) is 12.1 Å². The molecule has 0 aliphatic heterocycles. The van der Waals surface area contributed by atoms with Crippen LogP contribution < -0.4 is 10.1 Å². The van der Waals surface area contributed by atoms with E-state index in [0.29, 0.717) is 18.0 Å². The fourth-order valence-corrected chi connectivity index (χ4v) is 1.70. The van der Waals surface area contributed by atoms with Gasteiger partial charge in [0.1, 0.15) is 6.10 Å². The van der Waals surface area contributed by atoms with Crippen LogP contribution in [-0.4, -0.2) is 22.3 Å². The predicted molar refractivity (Wildman–Crippen MR) is 60.2 cm³/mol. The Morgan fingerprint density at radius 1 is 1.19 bits per heavy atom. The Kier molecular flexibility index (Phi) is 2.74. The number of rotatable bonds is 5. The lowest BCUT2D eigenvalue weighted by Gasteiger charge is -2.25. The highest BCUT2D eigenvalue weighted by molar-refractivity contribution is 5.12. The summed E-state index contributed by atoms with van der Waals surface area (Å²) in [6.07, 6.45) is 6.58. The maximum Gasteiger partial charge on any atom is 0.233 e. The predicted octanol–water partition coefficient (Wildman–Crippen LogP) is 1.66. The van der Waals surface area contributed by atoms with Crippen LogP contribution in [0.3, 0.4) is 0 Å². The molecule has 1 N–H and O–H groups in total. The van der Waals surface area contributed by atoms with E-state index >= 15 is 0 Å². The van der Waals surface area contributed by atoms with Crippen molar-refractivity contribution in [3.63, 3.8) is 0 Å². The molecule has 0 spiro atoms. The van der Waals surface area contributed by atoms with Crippen molar-refractivity contribution < 1.29 is 4.74 Å². The highest BCUT2D eigenvalue weighted by atomic mass is 16.5. The Hall–Kier alpha value is -1.16. The van der Waals surface area contributed by atoms with Gasteiger partial charge in [-0.05, 0) is 38.2 Å². The third-order valence-electron chi connectivity index (χ3n) is 3.18. The van der Waals surface area contributed by atoms with Crippen molar-refractivity contribution in [2.24, 2.45) is 0 Å². The van der Waals surface area contributed by atoms with Gasteiger partial charge in [-0.2, -0.15) is 5.10 Å². The minimum atomic E-state index is 0.379. The van der Waals surface area contributed by atoms with E-state index in [-0.39, 0.29) is 0 Å². The lowest BCUT2D eigenvalue weighted by molar-refractivity contribution is 0.113. The first kappa shape index (κ1) is 10.0. The molecule has 2 fully saturated rings. The summed E-state index contributed by atoms with van der Waals surface area (Å²) in [5, 5.41) is 11.7. The van der Waals surface area contributed by atoms with Crippen LogP contribution in [0.1, 0.15) is 37.8 Å². The first-order chi connectivity index (χ1) is 7.90. The maximum absolute atomic E-state index is 5.65. The number of hydrogen-bond acceptors (Lipinski definition) is 4. The number of nitrogens with zero attached hydrogens (tertiary/aromatic N) is 2. The highest BCUT2D eigenvalue weighted by Crippen LogP contribution is 2.23. The van der Waals surface area contributed by atoms with Gasteiger partial charge in [0.2, 0.25) is 5.88 Å². The van der Waals surface area contributed by atoms with E-state index in [1.807, 2.05) is 12.1 Å². The molecule has 0 saturated heterocycles. The second-order valence-corrected chi connectivity index (χ2v) is 4.69. The van der Waals surface area contributed by atoms with Gasteiger partial charge in [-0.3, -0.25) is 0 Å². The van der Waals surface area contributed by atoms with E-state index in [2.05, 4.69) is 15.5 Å². The smallest absolute Gasteiger partial charge is 0.233 e. The van der Waals surface area contributed by atoms with Gasteiger partial charge < -0.3 is 10.1 Å². The monoisotopic (exact) mass is 219 g/mol. The molecular weight excluding hydrogens is 202 g/mol. The average molecular weight is 219 g/mol. The molecule has 0 aromatic carbocycles. The van der Waals surface area contributed by atoms with Crippen molar-refractivity contribution in [1.29, 1.82) is 0 Å². The first-order valence-corrected chi connectivity index (χ1v) is 6.13. The Labute approximate surface area is 95.4 Å². The zero-order chi connectivity index (χ0) is 10.8. The summed E-state index contributed by atoms with van der Waals surface area (Å²) in [6, 6.07) is 4.64. The van der Waals surface area contributed by atoms with E-state index in [1.165, 1.54) is 19.3 Å². The zero-order valence-corrected chi connectivity index (χ0v) is 9.35. The fraction of sp³-hybridized carbons (Fsp3) is 0.667. The molecule has 16 heavy (non-hydrogen) atoms. The number of hydrogen-bond donors (Lipinski definition) is 1. The quantitative estimate of drug-likeness (QED) is 0.818.